The Hall–Kier alpha value is -0.830. The van der Waals surface area contributed by atoms with E-state index < -0.39 is 5.60 Å². The molecule has 0 aromatic carbocycles. The average Bonchev–Trinajstić information content (AvgIpc) is 1.84. The molecule has 0 aliphatic heterocycles. The van der Waals surface area contributed by atoms with Crippen molar-refractivity contribution in [2.75, 3.05) is 13.1 Å². The summed E-state index contributed by atoms with van der Waals surface area (Å²) in [6.45, 7) is 9.92. The van der Waals surface area contributed by atoms with Gasteiger partial charge in [-0.2, -0.15) is 0 Å². The molecule has 1 N–H and O–H groups in total. The van der Waals surface area contributed by atoms with Gasteiger partial charge in [0.25, 0.3) is 0 Å². The fourth-order valence-corrected chi connectivity index (χ4v) is 0.654. The molecule has 0 radical (unpaired) electrons. The molecule has 0 atom stereocenters. The molecule has 0 aromatic heterocycles. The number of carbonyl (C=O) groups excluding carboxylic acids is 1. The summed E-state index contributed by atoms with van der Waals surface area (Å²) in [5, 5.41) is 2.86. The summed E-state index contributed by atoms with van der Waals surface area (Å²) in [5.74, 6) is -0.232. The Labute approximate surface area is 73.8 Å². The van der Waals surface area contributed by atoms with Crippen LogP contribution in [0.15, 0.2) is 12.7 Å². The average molecular weight is 171 g/mol. The Morgan fingerprint density at radius 1 is 1.58 bits per heavy atom. The van der Waals surface area contributed by atoms with Gasteiger partial charge in [-0.3, -0.25) is 4.79 Å². The van der Waals surface area contributed by atoms with Crippen LogP contribution in [-0.2, 0) is 9.53 Å². The lowest BCUT2D eigenvalue weighted by Gasteiger charge is -2.19. The van der Waals surface area contributed by atoms with Gasteiger partial charge in [-0.25, -0.2) is 0 Å². The molecule has 0 spiro atoms. The van der Waals surface area contributed by atoms with Crippen LogP contribution in [0.2, 0.25) is 0 Å². The van der Waals surface area contributed by atoms with Crippen LogP contribution in [0, 0.1) is 0 Å². The number of nitrogens with one attached hydrogen (secondary N) is 1. The Kier molecular flexibility index (Phi) is 4.59. The highest BCUT2D eigenvalue weighted by Crippen LogP contribution is 2.05. The van der Waals surface area contributed by atoms with Gasteiger partial charge >= 0.3 is 5.97 Å². The molecule has 3 nitrogen and oxygen atoms in total. The summed E-state index contributed by atoms with van der Waals surface area (Å²) in [6, 6.07) is 0. The van der Waals surface area contributed by atoms with Gasteiger partial charge < -0.3 is 10.1 Å². The van der Waals surface area contributed by atoms with Crippen molar-refractivity contribution in [3.8, 4) is 0 Å². The van der Waals surface area contributed by atoms with Crippen LogP contribution in [0.25, 0.3) is 0 Å². The van der Waals surface area contributed by atoms with Gasteiger partial charge in [-0.1, -0.05) is 6.08 Å². The van der Waals surface area contributed by atoms with Crippen molar-refractivity contribution < 1.29 is 9.53 Å². The van der Waals surface area contributed by atoms with E-state index >= 15 is 0 Å². The molecule has 0 heterocycles. The third-order valence-corrected chi connectivity index (χ3v) is 0.978. The van der Waals surface area contributed by atoms with Crippen molar-refractivity contribution in [2.45, 2.75) is 26.4 Å². The maximum absolute atomic E-state index is 11.0. The Bertz CT molecular complexity index is 158. The molecule has 0 saturated carbocycles. The summed E-state index contributed by atoms with van der Waals surface area (Å²) in [4.78, 5) is 11.0. The van der Waals surface area contributed by atoms with Crippen LogP contribution in [0.1, 0.15) is 20.8 Å². The molecule has 0 fully saturated rings. The highest BCUT2D eigenvalue weighted by atomic mass is 16.6. The van der Waals surface area contributed by atoms with Crippen LogP contribution in [0.5, 0.6) is 0 Å². The van der Waals surface area contributed by atoms with Crippen LogP contribution in [0.3, 0.4) is 0 Å². The minimum atomic E-state index is -0.396. The number of hydrogen-bond donors (Lipinski definition) is 1. The van der Waals surface area contributed by atoms with E-state index in [2.05, 4.69) is 11.9 Å². The van der Waals surface area contributed by atoms with E-state index in [9.17, 15) is 4.79 Å². The van der Waals surface area contributed by atoms with Crippen molar-refractivity contribution in [3.63, 3.8) is 0 Å². The largest absolute Gasteiger partial charge is 0.459 e. The first kappa shape index (κ1) is 11.2. The first-order valence-corrected chi connectivity index (χ1v) is 3.99. The highest BCUT2D eigenvalue weighted by molar-refractivity contribution is 5.72. The molecular formula is C9H17NO2. The Balaban J connectivity index is 3.53. The Morgan fingerprint density at radius 3 is 2.58 bits per heavy atom. The summed E-state index contributed by atoms with van der Waals surface area (Å²) < 4.78 is 5.05. The highest BCUT2D eigenvalue weighted by Gasteiger charge is 2.14. The summed E-state index contributed by atoms with van der Waals surface area (Å²) in [5.41, 5.74) is -0.396. The van der Waals surface area contributed by atoms with E-state index in [-0.39, 0.29) is 12.5 Å². The zero-order valence-electron chi connectivity index (χ0n) is 8.02. The molecule has 0 unspecified atom stereocenters. The molecule has 3 heteroatoms. The number of rotatable bonds is 4. The van der Waals surface area contributed by atoms with E-state index in [0.29, 0.717) is 6.54 Å². The van der Waals surface area contributed by atoms with Gasteiger partial charge in [-0.15, -0.1) is 6.58 Å². The Morgan fingerprint density at radius 2 is 2.17 bits per heavy atom. The van der Waals surface area contributed by atoms with Gasteiger partial charge in [0.2, 0.25) is 0 Å². The molecule has 12 heavy (non-hydrogen) atoms. The van der Waals surface area contributed by atoms with E-state index in [4.69, 9.17) is 4.74 Å². The summed E-state index contributed by atoms with van der Waals surface area (Å²) in [6.07, 6.45) is 1.70. The van der Waals surface area contributed by atoms with Crippen molar-refractivity contribution in [1.82, 2.24) is 5.32 Å². The molecule has 0 rings (SSSR count). The summed E-state index contributed by atoms with van der Waals surface area (Å²) in [7, 11) is 0. The maximum atomic E-state index is 11.0. The quantitative estimate of drug-likeness (QED) is 0.391. The maximum Gasteiger partial charge on any atom is 0.320 e. The smallest absolute Gasteiger partial charge is 0.320 e. The second-order valence-corrected chi connectivity index (χ2v) is 3.51. The molecule has 0 saturated heterocycles. The first-order chi connectivity index (χ1) is 5.45. The minimum Gasteiger partial charge on any atom is -0.459 e. The molecule has 0 bridgehead atoms. The predicted octanol–water partition coefficient (Wildman–Crippen LogP) is 1.10. The SMILES string of the molecule is C=CCNCC(=O)OC(C)(C)C. The van der Waals surface area contributed by atoms with Crippen LogP contribution in [0.4, 0.5) is 0 Å². The molecule has 0 aliphatic rings. The van der Waals surface area contributed by atoms with Gasteiger partial charge in [0, 0.05) is 6.54 Å². The molecule has 0 aromatic rings. The lowest BCUT2D eigenvalue weighted by molar-refractivity contribution is -0.153. The second-order valence-electron chi connectivity index (χ2n) is 3.51. The number of ether oxygens (including phenoxy) is 1. The monoisotopic (exact) mass is 171 g/mol. The van der Waals surface area contributed by atoms with Gasteiger partial charge in [-0.05, 0) is 20.8 Å². The fraction of sp³-hybridized carbons (Fsp3) is 0.667. The first-order valence-electron chi connectivity index (χ1n) is 3.99. The van der Waals surface area contributed by atoms with Crippen molar-refractivity contribution >= 4 is 5.97 Å². The number of esters is 1. The molecule has 70 valence electrons. The van der Waals surface area contributed by atoms with Gasteiger partial charge in [0.05, 0.1) is 6.54 Å². The molecule has 0 aliphatic carbocycles. The van der Waals surface area contributed by atoms with Crippen LogP contribution < -0.4 is 5.32 Å². The zero-order valence-corrected chi connectivity index (χ0v) is 8.02. The van der Waals surface area contributed by atoms with E-state index in [1.54, 1.807) is 6.08 Å². The van der Waals surface area contributed by atoms with Crippen molar-refractivity contribution in [2.24, 2.45) is 0 Å². The number of carbonyl (C=O) groups is 1. The van der Waals surface area contributed by atoms with E-state index in [0.717, 1.165) is 0 Å². The minimum absolute atomic E-state index is 0.232. The molecular weight excluding hydrogens is 154 g/mol. The predicted molar refractivity (Wildman–Crippen MR) is 48.9 cm³/mol. The standard InChI is InChI=1S/C9H17NO2/c1-5-6-10-7-8(11)12-9(2,3)4/h5,10H,1,6-7H2,2-4H3. The third kappa shape index (κ3) is 7.28. The van der Waals surface area contributed by atoms with E-state index in [1.165, 1.54) is 0 Å². The van der Waals surface area contributed by atoms with Gasteiger partial charge in [0.15, 0.2) is 0 Å². The summed E-state index contributed by atoms with van der Waals surface area (Å²) >= 11 is 0. The van der Waals surface area contributed by atoms with E-state index in [1.807, 2.05) is 20.8 Å². The van der Waals surface area contributed by atoms with Gasteiger partial charge in [0.1, 0.15) is 5.60 Å². The molecule has 0 amide bonds. The topological polar surface area (TPSA) is 38.3 Å². The van der Waals surface area contributed by atoms with Crippen LogP contribution >= 0.6 is 0 Å². The van der Waals surface area contributed by atoms with Crippen molar-refractivity contribution in [1.29, 1.82) is 0 Å². The van der Waals surface area contributed by atoms with Crippen LogP contribution in [-0.4, -0.2) is 24.7 Å². The van der Waals surface area contributed by atoms with Crippen molar-refractivity contribution in [3.05, 3.63) is 12.7 Å². The third-order valence-electron chi connectivity index (χ3n) is 0.978. The zero-order chi connectivity index (χ0) is 9.61. The lowest BCUT2D eigenvalue weighted by atomic mass is 10.2. The normalized spacial score (nSPS) is 10.9. The second kappa shape index (κ2) is 4.93. The fourth-order valence-electron chi connectivity index (χ4n) is 0.654. The number of hydrogen-bond acceptors (Lipinski definition) is 3. The lowest BCUT2D eigenvalue weighted by Crippen LogP contribution is -2.31.